The maximum atomic E-state index is 5.16. The fourth-order valence-electron chi connectivity index (χ4n) is 1.84. The lowest BCUT2D eigenvalue weighted by molar-refractivity contribution is 0.163. The molecule has 0 aliphatic heterocycles. The summed E-state index contributed by atoms with van der Waals surface area (Å²) in [6.45, 7) is 4.38. The number of rotatable bonds is 7. The zero-order chi connectivity index (χ0) is 12.8. The number of methoxy groups -OCH3 is 1. The van der Waals surface area contributed by atoms with Gasteiger partial charge in [0.2, 0.25) is 5.95 Å². The molecule has 98 valence electrons. The van der Waals surface area contributed by atoms with Crippen LogP contribution in [0.2, 0.25) is 0 Å². The molecule has 0 aliphatic rings. The Kier molecular flexibility index (Phi) is 4.35. The maximum absolute atomic E-state index is 5.16. The van der Waals surface area contributed by atoms with E-state index >= 15 is 0 Å². The van der Waals surface area contributed by atoms with Gasteiger partial charge in [0.1, 0.15) is 0 Å². The first-order valence-electron chi connectivity index (χ1n) is 6.04. The van der Waals surface area contributed by atoms with Gasteiger partial charge in [0, 0.05) is 38.4 Å². The van der Waals surface area contributed by atoms with Crippen molar-refractivity contribution in [1.82, 2.24) is 19.3 Å². The van der Waals surface area contributed by atoms with Crippen LogP contribution < -0.4 is 5.32 Å². The third kappa shape index (κ3) is 3.10. The summed E-state index contributed by atoms with van der Waals surface area (Å²) in [6.07, 6.45) is 7.48. The number of anilines is 1. The first kappa shape index (κ1) is 12.6. The van der Waals surface area contributed by atoms with Gasteiger partial charge in [-0.2, -0.15) is 5.10 Å². The lowest BCUT2D eigenvalue weighted by Gasteiger charge is -2.16. The summed E-state index contributed by atoms with van der Waals surface area (Å²) in [5.74, 6) is 0.867. The fourth-order valence-corrected chi connectivity index (χ4v) is 1.84. The van der Waals surface area contributed by atoms with E-state index in [-0.39, 0.29) is 6.04 Å². The van der Waals surface area contributed by atoms with Crippen LogP contribution in [0.15, 0.2) is 30.9 Å². The first-order valence-corrected chi connectivity index (χ1v) is 6.04. The third-order valence-corrected chi connectivity index (χ3v) is 2.73. The molecule has 2 heterocycles. The van der Waals surface area contributed by atoms with Crippen LogP contribution in [-0.2, 0) is 11.3 Å². The van der Waals surface area contributed by atoms with Crippen LogP contribution in [0.5, 0.6) is 0 Å². The molecule has 1 atom stereocenters. The minimum atomic E-state index is 0.268. The van der Waals surface area contributed by atoms with Gasteiger partial charge in [-0.3, -0.25) is 4.68 Å². The van der Waals surface area contributed by atoms with E-state index in [2.05, 4.69) is 26.9 Å². The quantitative estimate of drug-likeness (QED) is 0.806. The van der Waals surface area contributed by atoms with Crippen LogP contribution >= 0.6 is 0 Å². The van der Waals surface area contributed by atoms with Crippen molar-refractivity contribution in [3.05, 3.63) is 30.9 Å². The molecular weight excluding hydrogens is 230 g/mol. The molecular formula is C12H19N5O. The highest BCUT2D eigenvalue weighted by Gasteiger charge is 2.08. The summed E-state index contributed by atoms with van der Waals surface area (Å²) in [5.41, 5.74) is 0. The molecule has 0 saturated heterocycles. The van der Waals surface area contributed by atoms with Crippen molar-refractivity contribution in [3.8, 4) is 0 Å². The van der Waals surface area contributed by atoms with Crippen molar-refractivity contribution in [3.63, 3.8) is 0 Å². The van der Waals surface area contributed by atoms with Crippen LogP contribution in [0.1, 0.15) is 13.0 Å². The topological polar surface area (TPSA) is 56.9 Å². The number of imidazole rings is 1. The van der Waals surface area contributed by atoms with Crippen LogP contribution in [0, 0.1) is 0 Å². The molecule has 1 N–H and O–H groups in total. The molecule has 0 bridgehead atoms. The van der Waals surface area contributed by atoms with Crippen molar-refractivity contribution >= 4 is 5.95 Å². The molecule has 1 unspecified atom stereocenters. The second-order valence-corrected chi connectivity index (χ2v) is 4.16. The van der Waals surface area contributed by atoms with Gasteiger partial charge in [-0.15, -0.1) is 0 Å². The van der Waals surface area contributed by atoms with E-state index in [9.17, 15) is 0 Å². The number of ether oxygens (including phenoxy) is 1. The van der Waals surface area contributed by atoms with E-state index < -0.39 is 0 Å². The molecule has 0 aliphatic carbocycles. The van der Waals surface area contributed by atoms with Gasteiger partial charge in [0.05, 0.1) is 19.2 Å². The molecule has 2 aromatic heterocycles. The van der Waals surface area contributed by atoms with Crippen molar-refractivity contribution < 1.29 is 4.74 Å². The summed E-state index contributed by atoms with van der Waals surface area (Å²) in [5, 5.41) is 7.46. The fraction of sp³-hybridized carbons (Fsp3) is 0.500. The third-order valence-electron chi connectivity index (χ3n) is 2.73. The molecule has 2 aromatic rings. The molecule has 0 radical (unpaired) electrons. The van der Waals surface area contributed by atoms with Gasteiger partial charge in [-0.1, -0.05) is 0 Å². The smallest absolute Gasteiger partial charge is 0.203 e. The van der Waals surface area contributed by atoms with Gasteiger partial charge in [0.25, 0.3) is 0 Å². The summed E-state index contributed by atoms with van der Waals surface area (Å²) in [7, 11) is 1.71. The van der Waals surface area contributed by atoms with Crippen LogP contribution in [0.3, 0.4) is 0 Å². The minimum absolute atomic E-state index is 0.268. The zero-order valence-electron chi connectivity index (χ0n) is 10.8. The monoisotopic (exact) mass is 249 g/mol. The van der Waals surface area contributed by atoms with E-state index in [0.29, 0.717) is 6.61 Å². The number of nitrogens with zero attached hydrogens (tertiary/aromatic N) is 4. The van der Waals surface area contributed by atoms with Gasteiger partial charge in [0.15, 0.2) is 0 Å². The van der Waals surface area contributed by atoms with Crippen molar-refractivity contribution in [1.29, 1.82) is 0 Å². The second kappa shape index (κ2) is 6.20. The van der Waals surface area contributed by atoms with E-state index in [1.54, 1.807) is 19.5 Å². The Morgan fingerprint density at radius 3 is 3.00 bits per heavy atom. The molecule has 6 nitrogen and oxygen atoms in total. The highest BCUT2D eigenvalue weighted by Crippen LogP contribution is 2.13. The minimum Gasteiger partial charge on any atom is -0.383 e. The van der Waals surface area contributed by atoms with E-state index in [4.69, 9.17) is 4.74 Å². The average molecular weight is 249 g/mol. The Balaban J connectivity index is 1.87. The van der Waals surface area contributed by atoms with Crippen LogP contribution in [0.25, 0.3) is 0 Å². The summed E-state index contributed by atoms with van der Waals surface area (Å²) in [6, 6.07) is 2.19. The molecule has 2 rings (SSSR count). The van der Waals surface area contributed by atoms with Gasteiger partial charge in [-0.05, 0) is 13.0 Å². The predicted octanol–water partition coefficient (Wildman–Crippen LogP) is 1.40. The standard InChI is InChI=1S/C12H19N5O/c1-11(10-18-2)17-9-6-14-12(17)13-5-8-16-7-3-4-15-16/h3-4,6-7,9,11H,5,8,10H2,1-2H3,(H,13,14). The normalized spacial score (nSPS) is 12.6. The van der Waals surface area contributed by atoms with E-state index in [0.717, 1.165) is 19.0 Å². The number of aromatic nitrogens is 4. The molecule has 0 aromatic carbocycles. The van der Waals surface area contributed by atoms with E-state index in [1.807, 2.05) is 23.1 Å². The lowest BCUT2D eigenvalue weighted by Crippen LogP contribution is -2.17. The Morgan fingerprint density at radius 1 is 1.39 bits per heavy atom. The Labute approximate surface area is 107 Å². The second-order valence-electron chi connectivity index (χ2n) is 4.16. The Hall–Kier alpha value is -1.82. The molecule has 0 spiro atoms. The maximum Gasteiger partial charge on any atom is 0.203 e. The molecule has 0 saturated carbocycles. The largest absolute Gasteiger partial charge is 0.383 e. The average Bonchev–Trinajstić information content (AvgIpc) is 3.00. The summed E-state index contributed by atoms with van der Waals surface area (Å²) in [4.78, 5) is 4.30. The Morgan fingerprint density at radius 2 is 2.28 bits per heavy atom. The van der Waals surface area contributed by atoms with Crippen LogP contribution in [0.4, 0.5) is 5.95 Å². The zero-order valence-corrected chi connectivity index (χ0v) is 10.8. The van der Waals surface area contributed by atoms with Crippen molar-refractivity contribution in [2.24, 2.45) is 0 Å². The predicted molar refractivity (Wildman–Crippen MR) is 69.5 cm³/mol. The highest BCUT2D eigenvalue weighted by molar-refractivity contribution is 5.26. The van der Waals surface area contributed by atoms with Gasteiger partial charge in [-0.25, -0.2) is 4.98 Å². The van der Waals surface area contributed by atoms with E-state index in [1.165, 1.54) is 0 Å². The molecule has 0 fully saturated rings. The van der Waals surface area contributed by atoms with Gasteiger partial charge < -0.3 is 14.6 Å². The SMILES string of the molecule is COCC(C)n1ccnc1NCCn1cccn1. The Bertz CT molecular complexity index is 451. The summed E-state index contributed by atoms with van der Waals surface area (Å²) >= 11 is 0. The van der Waals surface area contributed by atoms with Gasteiger partial charge >= 0.3 is 0 Å². The molecule has 18 heavy (non-hydrogen) atoms. The number of hydrogen-bond donors (Lipinski definition) is 1. The van der Waals surface area contributed by atoms with Crippen molar-refractivity contribution in [2.45, 2.75) is 19.5 Å². The number of hydrogen-bond acceptors (Lipinski definition) is 4. The molecule has 0 amide bonds. The number of nitrogens with one attached hydrogen (secondary N) is 1. The highest BCUT2D eigenvalue weighted by atomic mass is 16.5. The first-order chi connectivity index (χ1) is 8.81. The van der Waals surface area contributed by atoms with Crippen molar-refractivity contribution in [2.75, 3.05) is 25.6 Å². The lowest BCUT2D eigenvalue weighted by atomic mass is 10.3. The molecule has 6 heteroatoms. The van der Waals surface area contributed by atoms with Crippen LogP contribution in [-0.4, -0.2) is 39.6 Å². The summed E-state index contributed by atoms with van der Waals surface area (Å²) < 4.78 is 9.12.